The van der Waals surface area contributed by atoms with Crippen LogP contribution < -0.4 is 4.90 Å². The summed E-state index contributed by atoms with van der Waals surface area (Å²) in [5.41, 5.74) is 1.20. The quantitative estimate of drug-likeness (QED) is 0.723. The number of piperazine rings is 1. The zero-order valence-electron chi connectivity index (χ0n) is 13.2. The molecule has 24 heavy (non-hydrogen) atoms. The zero-order chi connectivity index (χ0) is 16.4. The topological polar surface area (TPSA) is 62.2 Å². The minimum absolute atomic E-state index is 0.0612. The van der Waals surface area contributed by atoms with Gasteiger partial charge in [-0.3, -0.25) is 4.79 Å². The van der Waals surface area contributed by atoms with Crippen LogP contribution >= 0.6 is 0 Å². The van der Waals surface area contributed by atoms with E-state index in [0.29, 0.717) is 18.8 Å². The van der Waals surface area contributed by atoms with Gasteiger partial charge in [0.1, 0.15) is 5.82 Å². The lowest BCUT2D eigenvalue weighted by atomic mass is 10.2. The smallest absolute Gasteiger partial charge is 0.274 e. The van der Waals surface area contributed by atoms with Gasteiger partial charge in [-0.1, -0.05) is 24.3 Å². The molecular weight excluding hydrogens is 302 g/mol. The second kappa shape index (κ2) is 6.23. The van der Waals surface area contributed by atoms with Crippen molar-refractivity contribution < 1.29 is 4.79 Å². The van der Waals surface area contributed by atoms with E-state index >= 15 is 0 Å². The normalized spacial score (nSPS) is 14.8. The van der Waals surface area contributed by atoms with Crippen molar-refractivity contribution in [1.29, 1.82) is 0 Å². The van der Waals surface area contributed by atoms with Crippen LogP contribution in [0.15, 0.2) is 54.7 Å². The van der Waals surface area contributed by atoms with Crippen LogP contribution in [0.3, 0.4) is 0 Å². The lowest BCUT2D eigenvalue weighted by Gasteiger charge is -2.35. The summed E-state index contributed by atoms with van der Waals surface area (Å²) in [5, 5.41) is 9.17. The van der Waals surface area contributed by atoms with E-state index in [-0.39, 0.29) is 5.91 Å². The van der Waals surface area contributed by atoms with E-state index in [0.717, 1.165) is 29.8 Å². The maximum absolute atomic E-state index is 12.7. The maximum Gasteiger partial charge on any atom is 0.274 e. The number of hydrogen-bond donors (Lipinski definition) is 0. The van der Waals surface area contributed by atoms with E-state index in [1.165, 1.54) is 0 Å². The molecule has 0 bridgehead atoms. The predicted molar refractivity (Wildman–Crippen MR) is 91.9 cm³/mol. The highest BCUT2D eigenvalue weighted by Gasteiger charge is 2.24. The zero-order valence-corrected chi connectivity index (χ0v) is 13.2. The number of carbonyl (C=O) groups is 1. The van der Waals surface area contributed by atoms with Crippen molar-refractivity contribution in [1.82, 2.24) is 20.1 Å². The number of benzene rings is 1. The monoisotopic (exact) mass is 319 g/mol. The van der Waals surface area contributed by atoms with Crippen LogP contribution in [0.25, 0.3) is 10.9 Å². The second-order valence-corrected chi connectivity index (χ2v) is 5.76. The molecule has 0 unspecified atom stereocenters. The first-order valence-corrected chi connectivity index (χ1v) is 7.99. The van der Waals surface area contributed by atoms with Crippen molar-refractivity contribution in [2.24, 2.45) is 0 Å². The van der Waals surface area contributed by atoms with Gasteiger partial charge in [-0.15, -0.1) is 10.2 Å². The van der Waals surface area contributed by atoms with Crippen LogP contribution in [0.5, 0.6) is 0 Å². The molecule has 0 atom stereocenters. The molecule has 0 aliphatic carbocycles. The van der Waals surface area contributed by atoms with Gasteiger partial charge in [0.15, 0.2) is 5.69 Å². The Morgan fingerprint density at radius 3 is 2.50 bits per heavy atom. The number of carbonyl (C=O) groups excluding carboxylic acids is 1. The van der Waals surface area contributed by atoms with Gasteiger partial charge >= 0.3 is 0 Å². The van der Waals surface area contributed by atoms with Crippen LogP contribution in [0.1, 0.15) is 10.5 Å². The number of pyridine rings is 1. The average Bonchev–Trinajstić information content (AvgIpc) is 2.68. The highest BCUT2D eigenvalue weighted by Crippen LogP contribution is 2.15. The fourth-order valence-corrected chi connectivity index (χ4v) is 2.93. The Bertz CT molecular complexity index is 859. The van der Waals surface area contributed by atoms with Gasteiger partial charge in [0.25, 0.3) is 5.91 Å². The van der Waals surface area contributed by atoms with Crippen molar-refractivity contribution in [3.8, 4) is 0 Å². The van der Waals surface area contributed by atoms with Crippen LogP contribution in [0, 0.1) is 0 Å². The first-order chi connectivity index (χ1) is 11.8. The molecule has 120 valence electrons. The molecule has 4 rings (SSSR count). The molecule has 0 spiro atoms. The Morgan fingerprint density at radius 2 is 1.71 bits per heavy atom. The fourth-order valence-electron chi connectivity index (χ4n) is 2.93. The number of aromatic nitrogens is 3. The molecule has 6 nitrogen and oxygen atoms in total. The minimum atomic E-state index is -0.0612. The lowest BCUT2D eigenvalue weighted by molar-refractivity contribution is 0.0739. The van der Waals surface area contributed by atoms with Crippen LogP contribution in [-0.4, -0.2) is 52.2 Å². The van der Waals surface area contributed by atoms with Crippen LogP contribution in [-0.2, 0) is 0 Å². The molecule has 0 radical (unpaired) electrons. The first-order valence-electron chi connectivity index (χ1n) is 7.99. The van der Waals surface area contributed by atoms with Crippen LogP contribution in [0.4, 0.5) is 5.82 Å². The average molecular weight is 319 g/mol. The molecule has 1 fully saturated rings. The summed E-state index contributed by atoms with van der Waals surface area (Å²) >= 11 is 0. The summed E-state index contributed by atoms with van der Waals surface area (Å²) < 4.78 is 0. The number of nitrogens with zero attached hydrogens (tertiary/aromatic N) is 5. The largest absolute Gasteiger partial charge is 0.353 e. The van der Waals surface area contributed by atoms with E-state index in [1.807, 2.05) is 53.4 Å². The number of hydrogen-bond acceptors (Lipinski definition) is 5. The standard InChI is InChI=1S/C18H17N5O/c24-18(16-13-14-5-1-2-6-15(14)20-21-16)23-11-9-22(10-12-23)17-7-3-4-8-19-17/h1-8,13H,9-12H2. The fraction of sp³-hybridized carbons (Fsp3) is 0.222. The van der Waals surface area contributed by atoms with Gasteiger partial charge in [0, 0.05) is 37.8 Å². The molecule has 0 saturated carbocycles. The Labute approximate surface area is 139 Å². The first kappa shape index (κ1) is 14.6. The second-order valence-electron chi connectivity index (χ2n) is 5.76. The summed E-state index contributed by atoms with van der Waals surface area (Å²) in [6, 6.07) is 15.4. The Kier molecular flexibility index (Phi) is 3.78. The Balaban J connectivity index is 1.47. The van der Waals surface area contributed by atoms with E-state index in [9.17, 15) is 4.79 Å². The SMILES string of the molecule is O=C(c1cc2ccccc2nn1)N1CCN(c2ccccn2)CC1. The molecule has 1 amide bonds. The molecule has 1 aromatic carbocycles. The summed E-state index contributed by atoms with van der Waals surface area (Å²) in [5.74, 6) is 0.893. The lowest BCUT2D eigenvalue weighted by Crippen LogP contribution is -2.49. The number of amides is 1. The molecular formula is C18H17N5O. The van der Waals surface area contributed by atoms with Gasteiger partial charge in [-0.05, 0) is 24.3 Å². The third-order valence-electron chi connectivity index (χ3n) is 4.25. The molecule has 6 heteroatoms. The van der Waals surface area contributed by atoms with Crippen LogP contribution in [0.2, 0.25) is 0 Å². The summed E-state index contributed by atoms with van der Waals surface area (Å²) in [6.45, 7) is 2.85. The molecule has 0 N–H and O–H groups in total. The number of anilines is 1. The third kappa shape index (κ3) is 2.78. The molecule has 3 aromatic rings. The molecule has 1 aliphatic heterocycles. The van der Waals surface area contributed by atoms with Crippen molar-refractivity contribution >= 4 is 22.6 Å². The molecule has 1 aliphatic rings. The summed E-state index contributed by atoms with van der Waals surface area (Å²) in [6.07, 6.45) is 1.79. The van der Waals surface area contributed by atoms with E-state index < -0.39 is 0 Å². The van der Waals surface area contributed by atoms with E-state index in [4.69, 9.17) is 0 Å². The van der Waals surface area contributed by atoms with E-state index in [1.54, 1.807) is 6.20 Å². The summed E-state index contributed by atoms with van der Waals surface area (Å²) in [7, 11) is 0. The molecule has 2 aromatic heterocycles. The highest BCUT2D eigenvalue weighted by molar-refractivity contribution is 5.95. The van der Waals surface area contributed by atoms with Crippen molar-refractivity contribution in [2.75, 3.05) is 31.1 Å². The van der Waals surface area contributed by atoms with Gasteiger partial charge in [0.05, 0.1) is 5.52 Å². The van der Waals surface area contributed by atoms with Crippen molar-refractivity contribution in [2.45, 2.75) is 0 Å². The van der Waals surface area contributed by atoms with Gasteiger partial charge in [-0.2, -0.15) is 0 Å². The molecule has 3 heterocycles. The Morgan fingerprint density at radius 1 is 0.917 bits per heavy atom. The summed E-state index contributed by atoms with van der Waals surface area (Å²) in [4.78, 5) is 21.1. The third-order valence-corrected chi connectivity index (χ3v) is 4.25. The van der Waals surface area contributed by atoms with E-state index in [2.05, 4.69) is 20.1 Å². The highest BCUT2D eigenvalue weighted by atomic mass is 16.2. The van der Waals surface area contributed by atoms with Gasteiger partial charge in [0.2, 0.25) is 0 Å². The minimum Gasteiger partial charge on any atom is -0.353 e. The van der Waals surface area contributed by atoms with Gasteiger partial charge < -0.3 is 9.80 Å². The Hall–Kier alpha value is -3.02. The molecule has 1 saturated heterocycles. The maximum atomic E-state index is 12.7. The van der Waals surface area contributed by atoms with Crippen molar-refractivity contribution in [3.63, 3.8) is 0 Å². The van der Waals surface area contributed by atoms with Crippen molar-refractivity contribution in [3.05, 3.63) is 60.4 Å². The number of fused-ring (bicyclic) bond motifs is 1. The predicted octanol–water partition coefficient (Wildman–Crippen LogP) is 1.99. The number of rotatable bonds is 2. The van der Waals surface area contributed by atoms with Gasteiger partial charge in [-0.25, -0.2) is 4.98 Å².